The number of benzene rings is 2. The normalized spacial score (nSPS) is 16.5. The lowest BCUT2D eigenvalue weighted by molar-refractivity contribution is -0.123. The minimum absolute atomic E-state index is 0.248. The van der Waals surface area contributed by atoms with Gasteiger partial charge in [0, 0.05) is 27.8 Å². The van der Waals surface area contributed by atoms with Crippen molar-refractivity contribution in [1.29, 1.82) is 0 Å². The van der Waals surface area contributed by atoms with Gasteiger partial charge in [-0.1, -0.05) is 22.0 Å². The lowest BCUT2D eigenvalue weighted by Crippen LogP contribution is -2.50. The number of carbonyl (C=O) groups is 3. The number of nitrogens with zero attached hydrogens (tertiary/aromatic N) is 1. The Morgan fingerprint density at radius 3 is 2.43 bits per heavy atom. The van der Waals surface area contributed by atoms with E-state index < -0.39 is 11.9 Å². The summed E-state index contributed by atoms with van der Waals surface area (Å²) in [7, 11) is 0. The highest BCUT2D eigenvalue weighted by atomic mass is 79.9. The van der Waals surface area contributed by atoms with E-state index in [0.29, 0.717) is 29.8 Å². The number of hydrogen-bond donors (Lipinski definition) is 2. The van der Waals surface area contributed by atoms with Crippen molar-refractivity contribution in [3.05, 3.63) is 63.6 Å². The molecule has 2 aromatic carbocycles. The van der Waals surface area contributed by atoms with Crippen LogP contribution in [0.15, 0.2) is 46.9 Å². The van der Waals surface area contributed by atoms with Gasteiger partial charge < -0.3 is 16.0 Å². The van der Waals surface area contributed by atoms with Crippen molar-refractivity contribution >= 4 is 39.3 Å². The van der Waals surface area contributed by atoms with Gasteiger partial charge in [-0.05, 0) is 68.1 Å². The Bertz CT molecular complexity index is 912. The minimum Gasteiger partial charge on any atom is -0.368 e. The molecule has 1 unspecified atom stereocenters. The largest absolute Gasteiger partial charge is 0.368 e. The highest BCUT2D eigenvalue weighted by Gasteiger charge is 2.31. The van der Waals surface area contributed by atoms with Crippen molar-refractivity contribution in [2.45, 2.75) is 32.2 Å². The summed E-state index contributed by atoms with van der Waals surface area (Å²) in [4.78, 5) is 38.7. The predicted octanol–water partition coefficient (Wildman–Crippen LogP) is 3.49. The first-order valence-corrected chi connectivity index (χ1v) is 9.94. The molecule has 6 nitrogen and oxygen atoms in total. The second-order valence-electron chi connectivity index (χ2n) is 6.90. The van der Waals surface area contributed by atoms with Crippen LogP contribution in [0.2, 0.25) is 0 Å². The van der Waals surface area contributed by atoms with Gasteiger partial charge in [0.1, 0.15) is 6.04 Å². The summed E-state index contributed by atoms with van der Waals surface area (Å²) in [5.74, 6) is -0.986. The Balaban J connectivity index is 1.82. The molecule has 0 saturated carbocycles. The van der Waals surface area contributed by atoms with Crippen LogP contribution < -0.4 is 11.1 Å². The molecule has 146 valence electrons. The van der Waals surface area contributed by atoms with Gasteiger partial charge in [-0.3, -0.25) is 14.4 Å². The van der Waals surface area contributed by atoms with E-state index in [4.69, 9.17) is 5.73 Å². The van der Waals surface area contributed by atoms with Crippen LogP contribution in [0, 0.1) is 6.92 Å². The molecule has 1 heterocycles. The fourth-order valence-corrected chi connectivity index (χ4v) is 3.59. The topological polar surface area (TPSA) is 92.5 Å². The van der Waals surface area contributed by atoms with E-state index in [1.54, 1.807) is 42.5 Å². The summed E-state index contributed by atoms with van der Waals surface area (Å²) >= 11 is 3.34. The first-order chi connectivity index (χ1) is 13.4. The first-order valence-electron chi connectivity index (χ1n) is 9.14. The second-order valence-corrected chi connectivity index (χ2v) is 7.82. The van der Waals surface area contributed by atoms with Gasteiger partial charge in [-0.25, -0.2) is 0 Å². The molecule has 1 atom stereocenters. The number of primary amides is 1. The Hall–Kier alpha value is -2.67. The molecule has 0 aliphatic carbocycles. The SMILES string of the molecule is Cc1ccc(C(=O)N2CCCCC2C(N)=O)cc1NC(=O)c1ccc(Br)cc1. The molecule has 0 radical (unpaired) electrons. The van der Waals surface area contributed by atoms with Crippen LogP contribution in [0.5, 0.6) is 0 Å². The summed E-state index contributed by atoms with van der Waals surface area (Å²) in [6, 6.07) is 11.6. The number of likely N-dealkylation sites (tertiary alicyclic amines) is 1. The van der Waals surface area contributed by atoms with E-state index in [2.05, 4.69) is 21.2 Å². The Morgan fingerprint density at radius 1 is 1.07 bits per heavy atom. The highest BCUT2D eigenvalue weighted by Crippen LogP contribution is 2.23. The molecule has 1 fully saturated rings. The smallest absolute Gasteiger partial charge is 0.255 e. The zero-order chi connectivity index (χ0) is 20.3. The lowest BCUT2D eigenvalue weighted by atomic mass is 9.99. The van der Waals surface area contributed by atoms with Crippen LogP contribution in [-0.2, 0) is 4.79 Å². The third-order valence-electron chi connectivity index (χ3n) is 4.93. The van der Waals surface area contributed by atoms with Gasteiger partial charge in [0.2, 0.25) is 5.91 Å². The maximum Gasteiger partial charge on any atom is 0.255 e. The zero-order valence-corrected chi connectivity index (χ0v) is 17.2. The number of aryl methyl sites for hydroxylation is 1. The van der Waals surface area contributed by atoms with E-state index in [9.17, 15) is 14.4 Å². The highest BCUT2D eigenvalue weighted by molar-refractivity contribution is 9.10. The van der Waals surface area contributed by atoms with Crippen molar-refractivity contribution in [2.75, 3.05) is 11.9 Å². The Labute approximate surface area is 172 Å². The Morgan fingerprint density at radius 2 is 1.75 bits per heavy atom. The zero-order valence-electron chi connectivity index (χ0n) is 15.6. The predicted molar refractivity (Wildman–Crippen MR) is 111 cm³/mol. The molecule has 1 aliphatic rings. The molecular formula is C21H22BrN3O3. The van der Waals surface area contributed by atoms with Gasteiger partial charge in [-0.15, -0.1) is 0 Å². The van der Waals surface area contributed by atoms with Crippen molar-refractivity contribution in [2.24, 2.45) is 5.73 Å². The average molecular weight is 444 g/mol. The average Bonchev–Trinajstić information content (AvgIpc) is 2.69. The minimum atomic E-state index is -0.580. The van der Waals surface area contributed by atoms with Crippen molar-refractivity contribution in [3.63, 3.8) is 0 Å². The van der Waals surface area contributed by atoms with Crippen molar-refractivity contribution in [3.8, 4) is 0 Å². The van der Waals surface area contributed by atoms with Crippen LogP contribution in [0.3, 0.4) is 0 Å². The van der Waals surface area contributed by atoms with Crippen molar-refractivity contribution < 1.29 is 14.4 Å². The number of nitrogens with one attached hydrogen (secondary N) is 1. The summed E-state index contributed by atoms with van der Waals surface area (Å²) in [6.07, 6.45) is 2.30. The molecule has 3 amide bonds. The van der Waals surface area contributed by atoms with Crippen molar-refractivity contribution in [1.82, 2.24) is 4.90 Å². The van der Waals surface area contributed by atoms with E-state index in [0.717, 1.165) is 22.9 Å². The fraction of sp³-hybridized carbons (Fsp3) is 0.286. The standard InChI is InChI=1S/C21H22BrN3O3/c1-13-5-6-15(21(28)25-11-3-2-4-18(25)19(23)26)12-17(13)24-20(27)14-7-9-16(22)10-8-14/h5-10,12,18H,2-4,11H2,1H3,(H2,23,26)(H,24,27). The number of halogens is 1. The molecule has 0 aromatic heterocycles. The number of piperidine rings is 1. The summed E-state index contributed by atoms with van der Waals surface area (Å²) < 4.78 is 0.887. The number of nitrogens with two attached hydrogens (primary N) is 1. The summed E-state index contributed by atoms with van der Waals surface area (Å²) in [5, 5.41) is 2.86. The first kappa shape index (κ1) is 20.1. The molecule has 1 saturated heterocycles. The van der Waals surface area contributed by atoms with Crippen LogP contribution in [0.1, 0.15) is 45.5 Å². The van der Waals surface area contributed by atoms with E-state index in [-0.39, 0.29) is 11.8 Å². The molecule has 2 aromatic rings. The van der Waals surface area contributed by atoms with E-state index >= 15 is 0 Å². The molecule has 28 heavy (non-hydrogen) atoms. The molecule has 3 rings (SSSR count). The van der Waals surface area contributed by atoms with E-state index in [1.165, 1.54) is 4.90 Å². The number of rotatable bonds is 4. The van der Waals surface area contributed by atoms with Crippen LogP contribution in [0.25, 0.3) is 0 Å². The molecule has 7 heteroatoms. The van der Waals surface area contributed by atoms with Crippen LogP contribution in [0.4, 0.5) is 5.69 Å². The molecule has 1 aliphatic heterocycles. The lowest BCUT2D eigenvalue weighted by Gasteiger charge is -2.33. The van der Waals surface area contributed by atoms with Crippen LogP contribution >= 0.6 is 15.9 Å². The summed E-state index contributed by atoms with van der Waals surface area (Å²) in [6.45, 7) is 2.36. The Kier molecular flexibility index (Phi) is 6.14. The number of anilines is 1. The van der Waals surface area contributed by atoms with Gasteiger partial charge in [0.15, 0.2) is 0 Å². The molecular weight excluding hydrogens is 422 g/mol. The second kappa shape index (κ2) is 8.56. The third-order valence-corrected chi connectivity index (χ3v) is 5.46. The molecule has 0 spiro atoms. The number of hydrogen-bond acceptors (Lipinski definition) is 3. The molecule has 3 N–H and O–H groups in total. The summed E-state index contributed by atoms with van der Waals surface area (Å²) in [5.41, 5.74) is 7.82. The van der Waals surface area contributed by atoms with Gasteiger partial charge >= 0.3 is 0 Å². The van der Waals surface area contributed by atoms with Crippen LogP contribution in [-0.4, -0.2) is 35.2 Å². The van der Waals surface area contributed by atoms with Gasteiger partial charge in [-0.2, -0.15) is 0 Å². The monoisotopic (exact) mass is 443 g/mol. The third kappa shape index (κ3) is 4.42. The fourth-order valence-electron chi connectivity index (χ4n) is 3.32. The van der Waals surface area contributed by atoms with Gasteiger partial charge in [0.25, 0.3) is 11.8 Å². The van der Waals surface area contributed by atoms with Gasteiger partial charge in [0.05, 0.1) is 0 Å². The quantitative estimate of drug-likeness (QED) is 0.756. The number of carbonyl (C=O) groups excluding carboxylic acids is 3. The maximum absolute atomic E-state index is 13.0. The van der Waals surface area contributed by atoms with E-state index in [1.807, 2.05) is 6.92 Å². The maximum atomic E-state index is 13.0. The number of amides is 3. The molecule has 0 bridgehead atoms.